The lowest BCUT2D eigenvalue weighted by molar-refractivity contribution is -0.131. The number of hydrogen-bond acceptors (Lipinski definition) is 2. The van der Waals surface area contributed by atoms with Gasteiger partial charge in [0.15, 0.2) is 0 Å². The van der Waals surface area contributed by atoms with Crippen LogP contribution in [0, 0.1) is 0 Å². The van der Waals surface area contributed by atoms with Gasteiger partial charge in [-0.25, -0.2) is 4.79 Å². The van der Waals surface area contributed by atoms with Gasteiger partial charge in [-0.2, -0.15) is 0 Å². The molecule has 0 saturated carbocycles. The summed E-state index contributed by atoms with van der Waals surface area (Å²) in [4.78, 5) is 12.4. The third kappa shape index (κ3) is 3.02. The van der Waals surface area contributed by atoms with Crippen molar-refractivity contribution in [1.82, 2.24) is 0 Å². The molecule has 0 aliphatic heterocycles. The number of carboxylic acid groups (broad SMARTS) is 1. The molecule has 0 spiro atoms. The van der Waals surface area contributed by atoms with Crippen molar-refractivity contribution in [1.29, 1.82) is 0 Å². The lowest BCUT2D eigenvalue weighted by atomic mass is 10.2. The average molecular weight is 344 g/mol. The standard InChI is InChI=1S/C13H8BrClO2S/c14-13-9(2-1-3-10(13)15)11-6-4-8(18-11)5-7-12(16)17/h1-7H,(H,16,17)/b7-5+. The van der Waals surface area contributed by atoms with Crippen LogP contribution < -0.4 is 0 Å². The van der Waals surface area contributed by atoms with Crippen LogP contribution in [0.5, 0.6) is 0 Å². The first-order valence-corrected chi connectivity index (χ1v) is 7.02. The maximum Gasteiger partial charge on any atom is 0.328 e. The topological polar surface area (TPSA) is 37.3 Å². The molecule has 0 aliphatic rings. The number of aliphatic carboxylic acids is 1. The number of carbonyl (C=O) groups is 1. The van der Waals surface area contributed by atoms with Gasteiger partial charge >= 0.3 is 5.97 Å². The molecule has 0 amide bonds. The number of rotatable bonds is 3. The minimum Gasteiger partial charge on any atom is -0.478 e. The van der Waals surface area contributed by atoms with E-state index >= 15 is 0 Å². The third-order valence-corrected chi connectivity index (χ3v) is 4.72. The summed E-state index contributed by atoms with van der Waals surface area (Å²) in [7, 11) is 0. The maximum absolute atomic E-state index is 10.4. The highest BCUT2D eigenvalue weighted by atomic mass is 79.9. The van der Waals surface area contributed by atoms with E-state index in [4.69, 9.17) is 16.7 Å². The molecule has 2 nitrogen and oxygen atoms in total. The fourth-order valence-electron chi connectivity index (χ4n) is 1.43. The Labute approximate surface area is 122 Å². The van der Waals surface area contributed by atoms with Crippen LogP contribution >= 0.6 is 38.9 Å². The van der Waals surface area contributed by atoms with Crippen molar-refractivity contribution in [3.05, 3.63) is 50.8 Å². The Balaban J connectivity index is 2.35. The number of carboxylic acids is 1. The van der Waals surface area contributed by atoms with E-state index in [9.17, 15) is 4.79 Å². The molecule has 18 heavy (non-hydrogen) atoms. The van der Waals surface area contributed by atoms with Gasteiger partial charge in [0.2, 0.25) is 0 Å². The highest BCUT2D eigenvalue weighted by Crippen LogP contribution is 2.37. The predicted molar refractivity (Wildman–Crippen MR) is 79.1 cm³/mol. The first kappa shape index (κ1) is 13.3. The molecule has 92 valence electrons. The Kier molecular flexibility index (Phi) is 4.22. The van der Waals surface area contributed by atoms with Gasteiger partial charge in [-0.05, 0) is 40.2 Å². The normalized spacial score (nSPS) is 11.0. The van der Waals surface area contributed by atoms with Gasteiger partial charge in [-0.1, -0.05) is 23.7 Å². The minimum absolute atomic E-state index is 0.656. The van der Waals surface area contributed by atoms with Crippen LogP contribution in [-0.4, -0.2) is 11.1 Å². The molecule has 0 saturated heterocycles. The molecule has 5 heteroatoms. The SMILES string of the molecule is O=C(O)/C=C/c1ccc(-c2cccc(Cl)c2Br)s1. The monoisotopic (exact) mass is 342 g/mol. The van der Waals surface area contributed by atoms with E-state index in [0.717, 1.165) is 25.9 Å². The van der Waals surface area contributed by atoms with Crippen molar-refractivity contribution in [2.75, 3.05) is 0 Å². The van der Waals surface area contributed by atoms with Gasteiger partial charge in [0.25, 0.3) is 0 Å². The highest BCUT2D eigenvalue weighted by Gasteiger charge is 2.08. The van der Waals surface area contributed by atoms with Crippen molar-refractivity contribution < 1.29 is 9.90 Å². The zero-order chi connectivity index (χ0) is 13.1. The summed E-state index contributed by atoms with van der Waals surface area (Å²) in [6, 6.07) is 9.49. The molecule has 0 fully saturated rings. The Morgan fingerprint density at radius 1 is 1.33 bits per heavy atom. The summed E-state index contributed by atoms with van der Waals surface area (Å²) in [5.41, 5.74) is 1.00. The van der Waals surface area contributed by atoms with Gasteiger partial charge in [0, 0.05) is 25.9 Å². The molecular weight excluding hydrogens is 336 g/mol. The summed E-state index contributed by atoms with van der Waals surface area (Å²) < 4.78 is 0.849. The van der Waals surface area contributed by atoms with E-state index in [1.54, 1.807) is 6.08 Å². The van der Waals surface area contributed by atoms with Crippen LogP contribution in [0.4, 0.5) is 0 Å². The minimum atomic E-state index is -0.950. The Bertz CT molecular complexity index is 619. The van der Waals surface area contributed by atoms with Crippen molar-refractivity contribution in [2.24, 2.45) is 0 Å². The summed E-state index contributed by atoms with van der Waals surface area (Å²) in [5.74, 6) is -0.950. The lowest BCUT2D eigenvalue weighted by Gasteiger charge is -2.02. The van der Waals surface area contributed by atoms with E-state index < -0.39 is 5.97 Å². The summed E-state index contributed by atoms with van der Waals surface area (Å²) in [5, 5.41) is 9.23. The largest absolute Gasteiger partial charge is 0.478 e. The van der Waals surface area contributed by atoms with Crippen molar-refractivity contribution in [3.63, 3.8) is 0 Å². The van der Waals surface area contributed by atoms with Crippen LogP contribution in [0.1, 0.15) is 4.88 Å². The second-order valence-electron chi connectivity index (χ2n) is 3.47. The van der Waals surface area contributed by atoms with Gasteiger partial charge in [-0.15, -0.1) is 11.3 Å². The van der Waals surface area contributed by atoms with Crippen LogP contribution in [0.3, 0.4) is 0 Å². The fourth-order valence-corrected chi connectivity index (χ4v) is 3.16. The lowest BCUT2D eigenvalue weighted by Crippen LogP contribution is -1.84. The average Bonchev–Trinajstić information content (AvgIpc) is 2.78. The van der Waals surface area contributed by atoms with Crippen LogP contribution in [-0.2, 0) is 4.79 Å². The van der Waals surface area contributed by atoms with Gasteiger partial charge in [0.05, 0.1) is 5.02 Å². The van der Waals surface area contributed by atoms with Gasteiger partial charge in [-0.3, -0.25) is 0 Å². The highest BCUT2D eigenvalue weighted by molar-refractivity contribution is 9.10. The quantitative estimate of drug-likeness (QED) is 0.802. The first-order chi connectivity index (χ1) is 8.58. The molecule has 1 N–H and O–H groups in total. The molecule has 0 bridgehead atoms. The zero-order valence-corrected chi connectivity index (χ0v) is 12.2. The summed E-state index contributed by atoms with van der Waals surface area (Å²) in [6.45, 7) is 0. The molecule has 2 aromatic rings. The number of thiophene rings is 1. The molecular formula is C13H8BrClO2S. The van der Waals surface area contributed by atoms with E-state index in [0.29, 0.717) is 5.02 Å². The summed E-state index contributed by atoms with van der Waals surface area (Å²) in [6.07, 6.45) is 2.71. The van der Waals surface area contributed by atoms with Crippen LogP contribution in [0.15, 0.2) is 40.9 Å². The molecule has 1 aromatic carbocycles. The molecule has 0 radical (unpaired) electrons. The van der Waals surface area contributed by atoms with E-state index in [1.165, 1.54) is 11.3 Å². The van der Waals surface area contributed by atoms with Crippen LogP contribution in [0.2, 0.25) is 5.02 Å². The third-order valence-electron chi connectivity index (χ3n) is 2.23. The predicted octanol–water partition coefficient (Wildman–Crippen LogP) is 4.93. The van der Waals surface area contributed by atoms with Gasteiger partial charge in [0.1, 0.15) is 0 Å². The van der Waals surface area contributed by atoms with Crippen molar-refractivity contribution in [2.45, 2.75) is 0 Å². The molecule has 0 atom stereocenters. The fraction of sp³-hybridized carbons (Fsp3) is 0. The van der Waals surface area contributed by atoms with E-state index in [2.05, 4.69) is 15.9 Å². The van der Waals surface area contributed by atoms with Gasteiger partial charge < -0.3 is 5.11 Å². The van der Waals surface area contributed by atoms with Crippen molar-refractivity contribution >= 4 is 50.9 Å². The molecule has 1 aromatic heterocycles. The second kappa shape index (κ2) is 5.69. The molecule has 0 unspecified atom stereocenters. The zero-order valence-electron chi connectivity index (χ0n) is 9.06. The molecule has 2 rings (SSSR count). The van der Waals surface area contributed by atoms with E-state index in [-0.39, 0.29) is 0 Å². The number of benzene rings is 1. The number of halogens is 2. The maximum atomic E-state index is 10.4. The molecule has 1 heterocycles. The smallest absolute Gasteiger partial charge is 0.328 e. The first-order valence-electron chi connectivity index (χ1n) is 5.03. The van der Waals surface area contributed by atoms with Crippen molar-refractivity contribution in [3.8, 4) is 10.4 Å². The van der Waals surface area contributed by atoms with E-state index in [1.807, 2.05) is 30.3 Å². The number of hydrogen-bond donors (Lipinski definition) is 1. The summed E-state index contributed by atoms with van der Waals surface area (Å²) >= 11 is 11.0. The Hall–Kier alpha value is -1.10. The molecule has 0 aliphatic carbocycles. The van der Waals surface area contributed by atoms with Crippen LogP contribution in [0.25, 0.3) is 16.5 Å². The second-order valence-corrected chi connectivity index (χ2v) is 5.79. The Morgan fingerprint density at radius 2 is 2.11 bits per heavy atom. The Morgan fingerprint density at radius 3 is 2.83 bits per heavy atom.